The van der Waals surface area contributed by atoms with Gasteiger partial charge in [0.2, 0.25) is 5.95 Å². The van der Waals surface area contributed by atoms with Gasteiger partial charge in [-0.15, -0.1) is 0 Å². The summed E-state index contributed by atoms with van der Waals surface area (Å²) >= 11 is 0. The van der Waals surface area contributed by atoms with Crippen LogP contribution >= 0.6 is 0 Å². The number of amides is 1. The Morgan fingerprint density at radius 3 is 2.47 bits per heavy atom. The lowest BCUT2D eigenvalue weighted by molar-refractivity contribution is -0.137. The summed E-state index contributed by atoms with van der Waals surface area (Å²) in [5.41, 5.74) is 0.903. The lowest BCUT2D eigenvalue weighted by Gasteiger charge is -2.34. The van der Waals surface area contributed by atoms with Gasteiger partial charge in [-0.3, -0.25) is 4.79 Å². The van der Waals surface area contributed by atoms with Crippen LogP contribution < -0.4 is 4.90 Å². The van der Waals surface area contributed by atoms with Gasteiger partial charge >= 0.3 is 6.18 Å². The summed E-state index contributed by atoms with van der Waals surface area (Å²) < 4.78 is 39.1. The molecule has 0 spiro atoms. The van der Waals surface area contributed by atoms with E-state index in [0.717, 1.165) is 12.1 Å². The Bertz CT molecular complexity index is 1180. The van der Waals surface area contributed by atoms with E-state index in [0.29, 0.717) is 54.5 Å². The molecule has 0 radical (unpaired) electrons. The van der Waals surface area contributed by atoms with Crippen LogP contribution in [0, 0.1) is 11.3 Å². The molecule has 0 atom stereocenters. The normalized spacial score (nSPS) is 14.2. The average molecular weight is 437 g/mol. The number of benzene rings is 2. The second-order valence-electron chi connectivity index (χ2n) is 7.29. The highest BCUT2D eigenvalue weighted by Crippen LogP contribution is 2.32. The average Bonchev–Trinajstić information content (AvgIpc) is 2.83. The highest BCUT2D eigenvalue weighted by atomic mass is 19.4. The highest BCUT2D eigenvalue weighted by Gasteiger charge is 2.30. The number of anilines is 1. The van der Waals surface area contributed by atoms with Gasteiger partial charge in [0.15, 0.2) is 0 Å². The second kappa shape index (κ2) is 8.67. The topological polar surface area (TPSA) is 73.1 Å². The van der Waals surface area contributed by atoms with Crippen molar-refractivity contribution in [1.29, 1.82) is 5.26 Å². The van der Waals surface area contributed by atoms with E-state index >= 15 is 0 Å². The largest absolute Gasteiger partial charge is 0.416 e. The predicted molar refractivity (Wildman–Crippen MR) is 112 cm³/mol. The first-order valence-corrected chi connectivity index (χ1v) is 9.90. The van der Waals surface area contributed by atoms with Crippen molar-refractivity contribution >= 4 is 11.9 Å². The molecule has 0 bridgehead atoms. The van der Waals surface area contributed by atoms with Crippen LogP contribution in [0.25, 0.3) is 11.3 Å². The van der Waals surface area contributed by atoms with Crippen LogP contribution in [0.5, 0.6) is 0 Å². The van der Waals surface area contributed by atoms with E-state index in [4.69, 9.17) is 5.26 Å². The van der Waals surface area contributed by atoms with Crippen molar-refractivity contribution in [3.63, 3.8) is 0 Å². The van der Waals surface area contributed by atoms with Crippen LogP contribution in [-0.2, 0) is 6.18 Å². The van der Waals surface area contributed by atoms with Crippen molar-refractivity contribution in [2.45, 2.75) is 6.18 Å². The van der Waals surface area contributed by atoms with Crippen LogP contribution in [0.15, 0.2) is 60.8 Å². The molecule has 0 N–H and O–H groups in total. The molecule has 0 aliphatic carbocycles. The maximum Gasteiger partial charge on any atom is 0.416 e. The monoisotopic (exact) mass is 437 g/mol. The van der Waals surface area contributed by atoms with Gasteiger partial charge in [-0.2, -0.15) is 18.4 Å². The Labute approximate surface area is 182 Å². The molecule has 0 saturated carbocycles. The maximum atomic E-state index is 13.0. The number of alkyl halides is 3. The molecule has 9 heteroatoms. The fourth-order valence-electron chi connectivity index (χ4n) is 3.53. The van der Waals surface area contributed by atoms with Gasteiger partial charge in [-0.05, 0) is 36.4 Å². The minimum Gasteiger partial charge on any atom is -0.337 e. The third-order valence-corrected chi connectivity index (χ3v) is 5.22. The van der Waals surface area contributed by atoms with Crippen molar-refractivity contribution in [2.24, 2.45) is 0 Å². The molecule has 1 aliphatic rings. The summed E-state index contributed by atoms with van der Waals surface area (Å²) in [4.78, 5) is 25.0. The smallest absolute Gasteiger partial charge is 0.337 e. The van der Waals surface area contributed by atoms with Crippen LogP contribution in [0.2, 0.25) is 0 Å². The molecule has 1 aliphatic heterocycles. The number of nitrogens with zero attached hydrogens (tertiary/aromatic N) is 5. The van der Waals surface area contributed by atoms with Crippen molar-refractivity contribution in [3.05, 3.63) is 77.5 Å². The molecular weight excluding hydrogens is 419 g/mol. The lowest BCUT2D eigenvalue weighted by Crippen LogP contribution is -2.49. The van der Waals surface area contributed by atoms with Crippen molar-refractivity contribution in [3.8, 4) is 17.3 Å². The van der Waals surface area contributed by atoms with Gasteiger partial charge in [0.05, 0.1) is 22.9 Å². The van der Waals surface area contributed by atoms with Crippen LogP contribution in [0.3, 0.4) is 0 Å². The summed E-state index contributed by atoms with van der Waals surface area (Å²) in [5.74, 6) is 0.249. The molecule has 2 aromatic carbocycles. The first-order valence-electron chi connectivity index (χ1n) is 9.90. The summed E-state index contributed by atoms with van der Waals surface area (Å²) in [6.07, 6.45) is -2.91. The van der Waals surface area contributed by atoms with E-state index in [1.165, 1.54) is 12.3 Å². The molecule has 1 aromatic heterocycles. The number of nitriles is 1. The standard InChI is InChI=1S/C23H18F3N5O/c24-23(25,26)19-6-2-4-17(14-19)20-7-8-28-22(29-20)31-11-9-30(10-12-31)21(32)18-5-1-3-16(13-18)15-27/h1-8,13-14H,9-12H2. The molecule has 0 unspecified atom stereocenters. The fraction of sp³-hybridized carbons (Fsp3) is 0.217. The molecule has 1 fully saturated rings. The van der Waals surface area contributed by atoms with E-state index in [1.54, 1.807) is 41.3 Å². The molecular formula is C23H18F3N5O. The summed E-state index contributed by atoms with van der Waals surface area (Å²) in [7, 11) is 0. The lowest BCUT2D eigenvalue weighted by atomic mass is 10.1. The number of carbonyl (C=O) groups excluding carboxylic acids is 1. The Morgan fingerprint density at radius 2 is 1.75 bits per heavy atom. The second-order valence-corrected chi connectivity index (χ2v) is 7.29. The maximum absolute atomic E-state index is 13.0. The van der Waals surface area contributed by atoms with Crippen molar-refractivity contribution < 1.29 is 18.0 Å². The number of hydrogen-bond donors (Lipinski definition) is 0. The number of rotatable bonds is 3. The van der Waals surface area contributed by atoms with Crippen LogP contribution in [0.1, 0.15) is 21.5 Å². The number of halogens is 3. The van der Waals surface area contributed by atoms with Crippen molar-refractivity contribution in [2.75, 3.05) is 31.1 Å². The zero-order valence-electron chi connectivity index (χ0n) is 16.9. The van der Waals surface area contributed by atoms with E-state index in [2.05, 4.69) is 9.97 Å². The number of hydrogen-bond acceptors (Lipinski definition) is 5. The third-order valence-electron chi connectivity index (χ3n) is 5.22. The Hall–Kier alpha value is -3.93. The van der Waals surface area contributed by atoms with E-state index in [1.807, 2.05) is 11.0 Å². The van der Waals surface area contributed by atoms with Gasteiger partial charge in [-0.1, -0.05) is 18.2 Å². The Morgan fingerprint density at radius 1 is 1.00 bits per heavy atom. The van der Waals surface area contributed by atoms with Gasteiger partial charge in [0, 0.05) is 43.5 Å². The SMILES string of the molecule is N#Cc1cccc(C(=O)N2CCN(c3nccc(-c4cccc(C(F)(F)F)c4)n3)CC2)c1. The molecule has 1 amide bonds. The Kier molecular flexibility index (Phi) is 5.77. The van der Waals surface area contributed by atoms with Gasteiger partial charge in [0.1, 0.15) is 0 Å². The first kappa shape index (κ1) is 21.3. The van der Waals surface area contributed by atoms with Crippen LogP contribution in [0.4, 0.5) is 19.1 Å². The van der Waals surface area contributed by atoms with Crippen LogP contribution in [-0.4, -0.2) is 47.0 Å². The quantitative estimate of drug-likeness (QED) is 0.620. The fourth-order valence-corrected chi connectivity index (χ4v) is 3.53. The van der Waals surface area contributed by atoms with Gasteiger partial charge < -0.3 is 9.80 Å². The third kappa shape index (κ3) is 4.54. The summed E-state index contributed by atoms with van der Waals surface area (Å²) in [6, 6.07) is 15.2. The minimum absolute atomic E-state index is 0.152. The molecule has 3 aromatic rings. The zero-order chi connectivity index (χ0) is 22.7. The predicted octanol–water partition coefficient (Wildman–Crippen LogP) is 4.00. The van der Waals surface area contributed by atoms with E-state index in [9.17, 15) is 18.0 Å². The van der Waals surface area contributed by atoms with Gasteiger partial charge in [-0.25, -0.2) is 9.97 Å². The minimum atomic E-state index is -4.43. The number of piperazine rings is 1. The molecule has 6 nitrogen and oxygen atoms in total. The van der Waals surface area contributed by atoms with E-state index < -0.39 is 11.7 Å². The van der Waals surface area contributed by atoms with E-state index in [-0.39, 0.29) is 5.91 Å². The highest BCUT2D eigenvalue weighted by molar-refractivity contribution is 5.94. The van der Waals surface area contributed by atoms with Crippen molar-refractivity contribution in [1.82, 2.24) is 14.9 Å². The number of carbonyl (C=O) groups is 1. The zero-order valence-corrected chi connectivity index (χ0v) is 16.9. The molecule has 2 heterocycles. The molecule has 32 heavy (non-hydrogen) atoms. The summed E-state index contributed by atoms with van der Waals surface area (Å²) in [6.45, 7) is 1.84. The first-order chi connectivity index (χ1) is 15.3. The molecule has 162 valence electrons. The molecule has 1 saturated heterocycles. The summed E-state index contributed by atoms with van der Waals surface area (Å²) in [5, 5.41) is 9.02. The number of aromatic nitrogens is 2. The Balaban J connectivity index is 1.47. The van der Waals surface area contributed by atoms with Gasteiger partial charge in [0.25, 0.3) is 5.91 Å². The molecule has 4 rings (SSSR count).